The van der Waals surface area contributed by atoms with Gasteiger partial charge < -0.3 is 4.90 Å². The summed E-state index contributed by atoms with van der Waals surface area (Å²) in [7, 11) is 0. The molecule has 0 amide bonds. The predicted molar refractivity (Wildman–Crippen MR) is 230 cm³/mol. The van der Waals surface area contributed by atoms with Gasteiger partial charge in [-0.1, -0.05) is 184 Å². The number of benzene rings is 9. The summed E-state index contributed by atoms with van der Waals surface area (Å²) in [4.78, 5) is 2.45. The van der Waals surface area contributed by atoms with E-state index in [4.69, 9.17) is 0 Å². The van der Waals surface area contributed by atoms with E-state index in [0.717, 1.165) is 17.1 Å². The summed E-state index contributed by atoms with van der Waals surface area (Å²) in [5.41, 5.74) is 16.1. The highest BCUT2D eigenvalue weighted by atomic mass is 15.1. The monoisotopic (exact) mass is 689 g/mol. The molecule has 0 heterocycles. The molecule has 0 radical (unpaired) electrons. The molecule has 0 bridgehead atoms. The number of fused-ring (bicyclic) bond motifs is 6. The van der Waals surface area contributed by atoms with Gasteiger partial charge in [-0.2, -0.15) is 0 Å². The van der Waals surface area contributed by atoms with Gasteiger partial charge in [0.1, 0.15) is 0 Å². The predicted octanol–water partition coefficient (Wildman–Crippen LogP) is 14.8. The Labute approximate surface area is 317 Å². The number of para-hydroxylation sites is 1. The molecule has 0 N–H and O–H groups in total. The van der Waals surface area contributed by atoms with Gasteiger partial charge in [-0.15, -0.1) is 0 Å². The second kappa shape index (κ2) is 12.8. The molecule has 0 atom stereocenters. The smallest absolute Gasteiger partial charge is 0.0540 e. The van der Waals surface area contributed by atoms with E-state index >= 15 is 0 Å². The number of nitrogens with zero attached hydrogens (tertiary/aromatic N) is 1. The average molecular weight is 690 g/mol. The summed E-state index contributed by atoms with van der Waals surface area (Å²) in [6.07, 6.45) is 0. The van der Waals surface area contributed by atoms with E-state index in [0.29, 0.717) is 0 Å². The molecule has 256 valence electrons. The van der Waals surface area contributed by atoms with Crippen molar-refractivity contribution in [3.63, 3.8) is 0 Å². The van der Waals surface area contributed by atoms with Crippen LogP contribution in [0.25, 0.3) is 66.1 Å². The summed E-state index contributed by atoms with van der Waals surface area (Å²) in [6.45, 7) is 4.78. The van der Waals surface area contributed by atoms with E-state index in [-0.39, 0.29) is 5.41 Å². The van der Waals surface area contributed by atoms with Crippen LogP contribution in [-0.4, -0.2) is 0 Å². The third-order valence-corrected chi connectivity index (χ3v) is 11.4. The summed E-state index contributed by atoms with van der Waals surface area (Å²) >= 11 is 0. The molecule has 0 aromatic heterocycles. The fourth-order valence-corrected chi connectivity index (χ4v) is 8.95. The molecule has 1 aliphatic rings. The van der Waals surface area contributed by atoms with Gasteiger partial charge in [-0.25, -0.2) is 0 Å². The van der Waals surface area contributed by atoms with Crippen LogP contribution >= 0.6 is 0 Å². The molecule has 0 spiro atoms. The van der Waals surface area contributed by atoms with Crippen LogP contribution in [-0.2, 0) is 5.41 Å². The lowest BCUT2D eigenvalue weighted by Gasteiger charge is -2.30. The maximum absolute atomic E-state index is 2.45. The molecular formula is C53H39N. The van der Waals surface area contributed by atoms with E-state index in [1.165, 1.54) is 77.2 Å². The maximum atomic E-state index is 2.45. The lowest BCUT2D eigenvalue weighted by atomic mass is 9.79. The van der Waals surface area contributed by atoms with E-state index in [1.807, 2.05) is 0 Å². The van der Waals surface area contributed by atoms with Crippen LogP contribution in [0.15, 0.2) is 200 Å². The molecular weight excluding hydrogens is 651 g/mol. The maximum Gasteiger partial charge on any atom is 0.0540 e. The van der Waals surface area contributed by atoms with Crippen molar-refractivity contribution in [3.05, 3.63) is 211 Å². The second-order valence-corrected chi connectivity index (χ2v) is 14.9. The Morgan fingerprint density at radius 2 is 0.944 bits per heavy atom. The highest BCUT2D eigenvalue weighted by Gasteiger charge is 2.38. The van der Waals surface area contributed by atoms with Crippen LogP contribution in [0, 0.1) is 0 Å². The Hall–Kier alpha value is -6.70. The highest BCUT2D eigenvalue weighted by molar-refractivity contribution is 6.12. The first kappa shape index (κ1) is 32.0. The van der Waals surface area contributed by atoms with Gasteiger partial charge in [0, 0.05) is 22.1 Å². The van der Waals surface area contributed by atoms with E-state index in [2.05, 4.69) is 219 Å². The lowest BCUT2D eigenvalue weighted by molar-refractivity contribution is 0.666. The summed E-state index contributed by atoms with van der Waals surface area (Å²) in [5.74, 6) is 0. The molecule has 1 heteroatoms. The number of rotatable bonds is 6. The van der Waals surface area contributed by atoms with Crippen molar-refractivity contribution in [2.24, 2.45) is 0 Å². The molecule has 0 saturated carbocycles. The number of hydrogen-bond acceptors (Lipinski definition) is 1. The third-order valence-electron chi connectivity index (χ3n) is 11.4. The molecule has 54 heavy (non-hydrogen) atoms. The molecule has 0 fully saturated rings. The topological polar surface area (TPSA) is 3.24 Å². The summed E-state index contributed by atoms with van der Waals surface area (Å²) in [6, 6.07) is 73.2. The zero-order chi connectivity index (χ0) is 36.2. The van der Waals surface area contributed by atoms with E-state index < -0.39 is 0 Å². The van der Waals surface area contributed by atoms with Crippen molar-refractivity contribution in [2.75, 3.05) is 4.90 Å². The Morgan fingerprint density at radius 1 is 0.370 bits per heavy atom. The van der Waals surface area contributed by atoms with Crippen molar-refractivity contribution < 1.29 is 0 Å². The Morgan fingerprint density at radius 3 is 1.70 bits per heavy atom. The Kier molecular flexibility index (Phi) is 7.56. The minimum absolute atomic E-state index is 0.124. The minimum Gasteiger partial charge on any atom is -0.309 e. The van der Waals surface area contributed by atoms with Gasteiger partial charge in [-0.05, 0) is 96.6 Å². The first-order chi connectivity index (χ1) is 26.6. The molecule has 10 rings (SSSR count). The second-order valence-electron chi connectivity index (χ2n) is 14.9. The fraction of sp³-hybridized carbons (Fsp3) is 0.0566. The van der Waals surface area contributed by atoms with Crippen LogP contribution < -0.4 is 4.90 Å². The average Bonchev–Trinajstić information content (AvgIpc) is 3.48. The van der Waals surface area contributed by atoms with Gasteiger partial charge in [0.25, 0.3) is 0 Å². The van der Waals surface area contributed by atoms with Crippen molar-refractivity contribution in [1.82, 2.24) is 0 Å². The minimum atomic E-state index is -0.124. The largest absolute Gasteiger partial charge is 0.309 e. The molecule has 9 aromatic carbocycles. The van der Waals surface area contributed by atoms with E-state index in [1.54, 1.807) is 0 Å². The standard InChI is InChI=1S/C53H39N/c1-53(2)48-27-15-13-26-46(48)51-47(35-39-21-9-10-23-42(39)52(51)53)44-33-34-50(45-25-12-11-24-43(44)45)54(40-31-29-37(30-32-40)36-17-5-3-6-18-36)49-28-16-14-22-41(49)38-19-7-4-8-20-38/h3-35H,1-2H3. The normalized spacial score (nSPS) is 12.8. The van der Waals surface area contributed by atoms with Crippen molar-refractivity contribution >= 4 is 38.6 Å². The van der Waals surface area contributed by atoms with Gasteiger partial charge in [-0.3, -0.25) is 0 Å². The zero-order valence-corrected chi connectivity index (χ0v) is 30.5. The summed E-state index contributed by atoms with van der Waals surface area (Å²) < 4.78 is 0. The molecule has 0 saturated heterocycles. The van der Waals surface area contributed by atoms with Crippen molar-refractivity contribution in [2.45, 2.75) is 19.3 Å². The lowest BCUT2D eigenvalue weighted by Crippen LogP contribution is -2.15. The third kappa shape index (κ3) is 5.08. The van der Waals surface area contributed by atoms with Gasteiger partial charge in [0.2, 0.25) is 0 Å². The molecule has 0 unspecified atom stereocenters. The fourth-order valence-electron chi connectivity index (χ4n) is 8.95. The molecule has 1 aliphatic carbocycles. The van der Waals surface area contributed by atoms with Crippen LogP contribution in [0.1, 0.15) is 25.0 Å². The van der Waals surface area contributed by atoms with Crippen molar-refractivity contribution in [3.8, 4) is 44.5 Å². The summed E-state index contributed by atoms with van der Waals surface area (Å²) in [5, 5.41) is 5.05. The molecule has 0 aliphatic heterocycles. The first-order valence-electron chi connectivity index (χ1n) is 18.9. The molecule has 9 aromatic rings. The van der Waals surface area contributed by atoms with Gasteiger partial charge in [0.05, 0.1) is 11.4 Å². The van der Waals surface area contributed by atoms with Gasteiger partial charge in [0.15, 0.2) is 0 Å². The quantitative estimate of drug-likeness (QED) is 0.168. The Balaban J connectivity index is 1.23. The SMILES string of the molecule is CC1(C)c2ccccc2-c2c(-c3ccc(N(c4ccc(-c5ccccc5)cc4)c4ccccc4-c4ccccc4)c4ccccc34)cc3ccccc3c21. The Bertz CT molecular complexity index is 2830. The number of anilines is 3. The first-order valence-corrected chi connectivity index (χ1v) is 18.9. The van der Waals surface area contributed by atoms with Crippen LogP contribution in [0.4, 0.5) is 17.1 Å². The van der Waals surface area contributed by atoms with Crippen LogP contribution in [0.5, 0.6) is 0 Å². The van der Waals surface area contributed by atoms with Crippen LogP contribution in [0.3, 0.4) is 0 Å². The molecule has 1 nitrogen and oxygen atoms in total. The zero-order valence-electron chi connectivity index (χ0n) is 30.5. The van der Waals surface area contributed by atoms with Gasteiger partial charge >= 0.3 is 0 Å². The van der Waals surface area contributed by atoms with E-state index in [9.17, 15) is 0 Å². The highest BCUT2D eigenvalue weighted by Crippen LogP contribution is 2.56. The van der Waals surface area contributed by atoms with Crippen molar-refractivity contribution in [1.29, 1.82) is 0 Å². The number of hydrogen-bond donors (Lipinski definition) is 0. The van der Waals surface area contributed by atoms with Crippen LogP contribution in [0.2, 0.25) is 0 Å².